The lowest BCUT2D eigenvalue weighted by molar-refractivity contribution is 1.18. The normalized spacial score (nSPS) is 12.1. The Kier molecular flexibility index (Phi) is 4.90. The van der Waals surface area contributed by atoms with Gasteiger partial charge in [0.15, 0.2) is 0 Å². The smallest absolute Gasteiger partial charge is 0.140 e. The highest BCUT2D eigenvalue weighted by Gasteiger charge is 2.20. The number of para-hydroxylation sites is 2. The largest absolute Gasteiger partial charge is 0.309 e. The van der Waals surface area contributed by atoms with E-state index in [1.807, 2.05) is 0 Å². The molecule has 0 atom stereocenters. The Hall–Kier alpha value is -4.82. The van der Waals surface area contributed by atoms with Crippen LogP contribution in [-0.4, -0.2) is 12.4 Å². The lowest BCUT2D eigenvalue weighted by atomic mass is 9.86. The topological polar surface area (TPSA) is 4.93 Å². The number of aromatic nitrogens is 1. The molecule has 1 aliphatic rings. The van der Waals surface area contributed by atoms with Crippen LogP contribution in [0.3, 0.4) is 0 Å². The van der Waals surface area contributed by atoms with Crippen molar-refractivity contribution in [1.29, 1.82) is 0 Å². The molecule has 1 nitrogen and oxygen atoms in total. The standard InChI is InChI=1S/C37H26BN/c38-34-14-7-10-29-21-28-17-16-26(22-32(28)37(29)34)24-8-6-9-25(20-24)27-18-19-36-33(23-27)31-13-4-5-15-35(31)39(36)30-11-2-1-3-12-30/h1-20,22-23H,21,38H2. The van der Waals surface area contributed by atoms with Crippen LogP contribution in [0.5, 0.6) is 0 Å². The van der Waals surface area contributed by atoms with Crippen LogP contribution in [0, 0.1) is 0 Å². The maximum absolute atomic E-state index is 2.39. The average molecular weight is 495 g/mol. The van der Waals surface area contributed by atoms with Gasteiger partial charge in [0.05, 0.1) is 11.0 Å². The molecule has 0 saturated carbocycles. The highest BCUT2D eigenvalue weighted by atomic mass is 15.0. The van der Waals surface area contributed by atoms with Crippen LogP contribution in [-0.2, 0) is 6.42 Å². The molecule has 0 radical (unpaired) electrons. The van der Waals surface area contributed by atoms with E-state index in [-0.39, 0.29) is 0 Å². The fraction of sp³-hybridized carbons (Fsp3) is 0.0270. The van der Waals surface area contributed by atoms with Crippen molar-refractivity contribution < 1.29 is 0 Å². The minimum absolute atomic E-state index is 1.03. The molecule has 1 heterocycles. The highest BCUT2D eigenvalue weighted by Crippen LogP contribution is 2.39. The third-order valence-corrected chi connectivity index (χ3v) is 8.34. The number of benzene rings is 6. The molecule has 39 heavy (non-hydrogen) atoms. The summed E-state index contributed by atoms with van der Waals surface area (Å²) in [5, 5.41) is 2.56. The zero-order valence-corrected chi connectivity index (χ0v) is 21.9. The summed E-state index contributed by atoms with van der Waals surface area (Å²) in [5.41, 5.74) is 15.7. The van der Waals surface area contributed by atoms with Gasteiger partial charge >= 0.3 is 0 Å². The summed E-state index contributed by atoms with van der Waals surface area (Å²) in [4.78, 5) is 0. The van der Waals surface area contributed by atoms with Crippen LogP contribution in [0.4, 0.5) is 0 Å². The first kappa shape index (κ1) is 22.2. The van der Waals surface area contributed by atoms with Gasteiger partial charge in [0.25, 0.3) is 0 Å². The van der Waals surface area contributed by atoms with Crippen molar-refractivity contribution >= 4 is 35.1 Å². The molecule has 182 valence electrons. The van der Waals surface area contributed by atoms with Gasteiger partial charge in [-0.15, -0.1) is 0 Å². The van der Waals surface area contributed by atoms with Crippen LogP contribution in [0.1, 0.15) is 11.1 Å². The van der Waals surface area contributed by atoms with E-state index in [2.05, 4.69) is 146 Å². The van der Waals surface area contributed by atoms with Crippen LogP contribution in [0.15, 0.2) is 133 Å². The second-order valence-electron chi connectivity index (χ2n) is 10.7. The predicted molar refractivity (Wildman–Crippen MR) is 168 cm³/mol. The Morgan fingerprint density at radius 3 is 2.05 bits per heavy atom. The van der Waals surface area contributed by atoms with E-state index in [4.69, 9.17) is 0 Å². The van der Waals surface area contributed by atoms with E-state index in [1.54, 1.807) is 0 Å². The number of hydrogen-bond acceptors (Lipinski definition) is 0. The fourth-order valence-electron chi connectivity index (χ4n) is 6.50. The molecule has 0 unspecified atom stereocenters. The lowest BCUT2D eigenvalue weighted by Crippen LogP contribution is -2.06. The first-order valence-electron chi connectivity index (χ1n) is 13.7. The Morgan fingerprint density at radius 2 is 1.18 bits per heavy atom. The van der Waals surface area contributed by atoms with Crippen molar-refractivity contribution in [3.63, 3.8) is 0 Å². The predicted octanol–water partition coefficient (Wildman–Crippen LogP) is 7.95. The number of hydrogen-bond donors (Lipinski definition) is 0. The van der Waals surface area contributed by atoms with E-state index >= 15 is 0 Å². The molecule has 1 aromatic heterocycles. The summed E-state index contributed by atoms with van der Waals surface area (Å²) in [5.74, 6) is 0. The van der Waals surface area contributed by atoms with E-state index in [9.17, 15) is 0 Å². The van der Waals surface area contributed by atoms with Crippen LogP contribution in [0.25, 0.3) is 60.9 Å². The zero-order chi connectivity index (χ0) is 25.9. The third kappa shape index (κ3) is 3.49. The maximum atomic E-state index is 2.39. The van der Waals surface area contributed by atoms with Gasteiger partial charge in [-0.2, -0.15) is 0 Å². The molecular weight excluding hydrogens is 469 g/mol. The molecular formula is C37H26BN. The van der Waals surface area contributed by atoms with Crippen molar-refractivity contribution in [3.8, 4) is 39.1 Å². The third-order valence-electron chi connectivity index (χ3n) is 8.34. The van der Waals surface area contributed by atoms with Gasteiger partial charge in [0, 0.05) is 16.5 Å². The lowest BCUT2D eigenvalue weighted by Gasteiger charge is -2.11. The minimum atomic E-state index is 1.03. The van der Waals surface area contributed by atoms with Gasteiger partial charge in [-0.25, -0.2) is 0 Å². The molecule has 1 aliphatic carbocycles. The quantitative estimate of drug-likeness (QED) is 0.219. The van der Waals surface area contributed by atoms with Gasteiger partial charge in [0.2, 0.25) is 0 Å². The van der Waals surface area contributed by atoms with Crippen molar-refractivity contribution in [3.05, 3.63) is 145 Å². The summed E-state index contributed by atoms with van der Waals surface area (Å²) >= 11 is 0. The van der Waals surface area contributed by atoms with Crippen LogP contribution < -0.4 is 5.46 Å². The first-order chi connectivity index (χ1) is 19.2. The van der Waals surface area contributed by atoms with Gasteiger partial charge in [-0.05, 0) is 93.4 Å². The summed E-state index contributed by atoms with van der Waals surface area (Å²) in [6, 6.07) is 48.9. The van der Waals surface area contributed by atoms with E-state index in [0.29, 0.717) is 0 Å². The zero-order valence-electron chi connectivity index (χ0n) is 21.9. The summed E-state index contributed by atoms with van der Waals surface area (Å²) < 4.78 is 2.37. The summed E-state index contributed by atoms with van der Waals surface area (Å²) in [6.45, 7) is 0. The van der Waals surface area contributed by atoms with E-state index < -0.39 is 0 Å². The van der Waals surface area contributed by atoms with E-state index in [0.717, 1.165) is 6.42 Å². The molecule has 0 saturated heterocycles. The Bertz CT molecular complexity index is 2050. The molecule has 0 N–H and O–H groups in total. The van der Waals surface area contributed by atoms with Crippen molar-refractivity contribution in [2.45, 2.75) is 6.42 Å². The molecule has 7 aromatic rings. The minimum Gasteiger partial charge on any atom is -0.309 e. The van der Waals surface area contributed by atoms with Gasteiger partial charge in [0.1, 0.15) is 7.85 Å². The fourth-order valence-corrected chi connectivity index (χ4v) is 6.50. The number of nitrogens with zero attached hydrogens (tertiary/aromatic N) is 1. The molecule has 0 aliphatic heterocycles. The van der Waals surface area contributed by atoms with Crippen LogP contribution in [0.2, 0.25) is 0 Å². The van der Waals surface area contributed by atoms with Gasteiger partial charge < -0.3 is 4.57 Å². The Labute approximate surface area is 229 Å². The van der Waals surface area contributed by atoms with Crippen molar-refractivity contribution in [1.82, 2.24) is 4.57 Å². The highest BCUT2D eigenvalue weighted by molar-refractivity contribution is 6.36. The number of fused-ring (bicyclic) bond motifs is 6. The SMILES string of the molecule is Bc1cccc2c1-c1cc(-c3cccc(-c4ccc5c(c4)c4ccccc4n5-c4ccccc4)c3)ccc1C2. The monoisotopic (exact) mass is 495 g/mol. The molecule has 8 rings (SSSR count). The molecule has 0 bridgehead atoms. The molecule has 0 fully saturated rings. The maximum Gasteiger partial charge on any atom is 0.140 e. The second kappa shape index (κ2) is 8.61. The van der Waals surface area contributed by atoms with E-state index in [1.165, 1.54) is 77.5 Å². The van der Waals surface area contributed by atoms with Gasteiger partial charge in [-0.1, -0.05) is 96.5 Å². The van der Waals surface area contributed by atoms with Gasteiger partial charge in [-0.3, -0.25) is 0 Å². The molecule has 2 heteroatoms. The van der Waals surface area contributed by atoms with Crippen LogP contribution >= 0.6 is 0 Å². The molecule has 0 spiro atoms. The molecule has 0 amide bonds. The Balaban J connectivity index is 1.25. The summed E-state index contributed by atoms with van der Waals surface area (Å²) in [6.07, 6.45) is 1.03. The molecule has 6 aromatic carbocycles. The number of rotatable bonds is 3. The van der Waals surface area contributed by atoms with Crippen molar-refractivity contribution in [2.75, 3.05) is 0 Å². The second-order valence-corrected chi connectivity index (χ2v) is 10.7. The Morgan fingerprint density at radius 1 is 0.487 bits per heavy atom. The van der Waals surface area contributed by atoms with Crippen molar-refractivity contribution in [2.24, 2.45) is 0 Å². The first-order valence-corrected chi connectivity index (χ1v) is 13.7. The average Bonchev–Trinajstić information content (AvgIpc) is 3.53. The summed E-state index contributed by atoms with van der Waals surface area (Å²) in [7, 11) is 2.23.